The summed E-state index contributed by atoms with van der Waals surface area (Å²) in [5, 5.41) is 27.7. The third-order valence-corrected chi connectivity index (χ3v) is 10.0. The number of fused-ring (bicyclic) bond motifs is 2. The van der Waals surface area contributed by atoms with Crippen LogP contribution in [-0.4, -0.2) is 53.6 Å². The summed E-state index contributed by atoms with van der Waals surface area (Å²) in [6.07, 6.45) is -10.3. The number of alkyl halides is 6. The van der Waals surface area contributed by atoms with Crippen LogP contribution >= 0.6 is 0 Å². The molecule has 0 saturated carbocycles. The van der Waals surface area contributed by atoms with E-state index in [1.165, 1.54) is 28.6 Å². The van der Waals surface area contributed by atoms with E-state index in [1.807, 2.05) is 50.2 Å². The van der Waals surface area contributed by atoms with E-state index in [1.54, 1.807) is 55.5 Å². The molecule has 0 aliphatic rings. The van der Waals surface area contributed by atoms with E-state index in [0.29, 0.717) is 33.4 Å². The smallest absolute Gasteiger partial charge is 0.416 e. The molecule has 0 amide bonds. The van der Waals surface area contributed by atoms with Crippen molar-refractivity contribution < 1.29 is 55.2 Å². The van der Waals surface area contributed by atoms with Crippen LogP contribution in [0.1, 0.15) is 60.8 Å². The van der Waals surface area contributed by atoms with Gasteiger partial charge >= 0.3 is 24.3 Å². The second-order valence-corrected chi connectivity index (χ2v) is 14.8. The maximum atomic E-state index is 13.0. The Morgan fingerprint density at radius 2 is 1.00 bits per heavy atom. The molecule has 0 fully saturated rings. The van der Waals surface area contributed by atoms with Crippen LogP contribution < -0.4 is 9.47 Å². The Labute approximate surface area is 374 Å². The quantitative estimate of drug-likeness (QED) is 0.0983. The molecule has 8 rings (SSSR count). The number of nitrogens with zero attached hydrogens (tertiary/aromatic N) is 6. The van der Waals surface area contributed by atoms with Gasteiger partial charge in [0.05, 0.1) is 17.7 Å². The molecule has 0 radical (unpaired) electrons. The van der Waals surface area contributed by atoms with Crippen molar-refractivity contribution in [3.63, 3.8) is 0 Å². The molecular weight excluding hydrogens is 871 g/mol. The molecule has 66 heavy (non-hydrogen) atoms. The molecule has 18 heteroatoms. The van der Waals surface area contributed by atoms with E-state index in [0.717, 1.165) is 47.5 Å². The molecular formula is C48H42F6N6O6. The van der Waals surface area contributed by atoms with Crippen LogP contribution in [0.3, 0.4) is 0 Å². The molecule has 6 aromatic carbocycles. The predicted molar refractivity (Wildman–Crippen MR) is 232 cm³/mol. The van der Waals surface area contributed by atoms with Crippen LogP contribution in [0, 0.1) is 13.8 Å². The highest BCUT2D eigenvalue weighted by atomic mass is 19.4. The van der Waals surface area contributed by atoms with E-state index in [9.17, 15) is 41.0 Å². The number of carbonyl (C=O) groups is 2. The van der Waals surface area contributed by atoms with Gasteiger partial charge in [0.1, 0.15) is 44.9 Å². The average molecular weight is 913 g/mol. The standard InChI is InChI=1S/C24H20F3N3O3.C23H18F3N3O3.CH4/c1-3-32-23(31)22(16-9-11-17(12-10-16)24(25,26)27)33-21-13-8-15(2)14-20(21)30-28-18-6-4-5-7-19(18)29-30;1-14-7-12-20(19(13-14)29-27-17-5-3-4-6-18(17)28-29)32-22(2,21(30)31)15-8-10-16(11-9-15)23(24,25)26;/h4-14,22H,3H2,1-2H3;3-13H,1-2H3,(H,30,31);1H4. The summed E-state index contributed by atoms with van der Waals surface area (Å²) in [7, 11) is 0. The molecule has 2 heterocycles. The van der Waals surface area contributed by atoms with E-state index in [2.05, 4.69) is 20.4 Å². The molecule has 342 valence electrons. The number of hydrogen-bond acceptors (Lipinski definition) is 9. The SMILES string of the molecule is C.CCOC(=O)C(Oc1ccc(C)cc1-n1nc2ccccc2n1)c1ccc(C(F)(F)F)cc1.Cc1ccc(OC(C)(C(=O)O)c2ccc(C(F)(F)F)cc2)c(-n2nc3ccccc3n2)c1. The Hall–Kier alpha value is -7.76. The van der Waals surface area contributed by atoms with Crippen LogP contribution in [0.25, 0.3) is 33.4 Å². The van der Waals surface area contributed by atoms with E-state index >= 15 is 0 Å². The number of carbonyl (C=O) groups excluding carboxylic acids is 1. The maximum absolute atomic E-state index is 13.0. The monoisotopic (exact) mass is 912 g/mol. The Morgan fingerprint density at radius 1 is 0.606 bits per heavy atom. The number of hydrogen-bond donors (Lipinski definition) is 1. The minimum absolute atomic E-state index is 0. The predicted octanol–water partition coefficient (Wildman–Crippen LogP) is 11.2. The topological polar surface area (TPSA) is 143 Å². The number of esters is 1. The van der Waals surface area contributed by atoms with Crippen molar-refractivity contribution in [3.8, 4) is 22.9 Å². The maximum Gasteiger partial charge on any atom is 0.416 e. The zero-order valence-corrected chi connectivity index (χ0v) is 34.9. The average Bonchev–Trinajstić information content (AvgIpc) is 3.91. The second-order valence-electron chi connectivity index (χ2n) is 14.8. The third kappa shape index (κ3) is 10.4. The van der Waals surface area contributed by atoms with Gasteiger partial charge in [-0.05, 0) is 112 Å². The van der Waals surface area contributed by atoms with Gasteiger partial charge in [0.15, 0.2) is 0 Å². The lowest BCUT2D eigenvalue weighted by Gasteiger charge is -2.28. The molecule has 8 aromatic rings. The molecule has 1 N–H and O–H groups in total. The van der Waals surface area contributed by atoms with E-state index in [4.69, 9.17) is 14.2 Å². The first-order valence-electron chi connectivity index (χ1n) is 19.8. The Bertz CT molecular complexity index is 2920. The van der Waals surface area contributed by atoms with Crippen molar-refractivity contribution >= 4 is 34.0 Å². The van der Waals surface area contributed by atoms with Gasteiger partial charge in [0, 0.05) is 11.1 Å². The first-order valence-corrected chi connectivity index (χ1v) is 19.8. The molecule has 2 aromatic heterocycles. The van der Waals surface area contributed by atoms with Crippen molar-refractivity contribution in [3.05, 3.63) is 167 Å². The van der Waals surface area contributed by atoms with Gasteiger partial charge in [-0.25, -0.2) is 9.59 Å². The molecule has 0 aliphatic heterocycles. The van der Waals surface area contributed by atoms with Gasteiger partial charge in [-0.15, -0.1) is 30.0 Å². The summed E-state index contributed by atoms with van der Waals surface area (Å²) in [6.45, 7) is 6.75. The van der Waals surface area contributed by atoms with Crippen LogP contribution in [0.4, 0.5) is 26.3 Å². The number of aryl methyl sites for hydroxylation is 2. The van der Waals surface area contributed by atoms with Gasteiger partial charge in [0.2, 0.25) is 11.7 Å². The fourth-order valence-electron chi connectivity index (χ4n) is 6.56. The van der Waals surface area contributed by atoms with Crippen LogP contribution in [0.5, 0.6) is 11.5 Å². The highest BCUT2D eigenvalue weighted by molar-refractivity contribution is 5.80. The molecule has 2 unspecified atom stereocenters. The Kier molecular flexibility index (Phi) is 13.8. The molecule has 0 spiro atoms. The van der Waals surface area contributed by atoms with Crippen molar-refractivity contribution in [2.24, 2.45) is 0 Å². The summed E-state index contributed by atoms with van der Waals surface area (Å²) < 4.78 is 94.8. The second kappa shape index (κ2) is 19.1. The first-order chi connectivity index (χ1) is 30.8. The van der Waals surface area contributed by atoms with Crippen molar-refractivity contribution in [1.82, 2.24) is 30.0 Å². The summed E-state index contributed by atoms with van der Waals surface area (Å²) in [5.74, 6) is -1.63. The zero-order chi connectivity index (χ0) is 46.7. The fourth-order valence-corrected chi connectivity index (χ4v) is 6.56. The van der Waals surface area contributed by atoms with Crippen molar-refractivity contribution in [1.29, 1.82) is 0 Å². The van der Waals surface area contributed by atoms with Crippen molar-refractivity contribution in [2.45, 2.75) is 59.2 Å². The number of rotatable bonds is 11. The lowest BCUT2D eigenvalue weighted by molar-refractivity contribution is -0.154. The van der Waals surface area contributed by atoms with Crippen LogP contribution in [0.2, 0.25) is 0 Å². The minimum Gasteiger partial charge on any atom is -0.478 e. The number of carboxylic acids is 1. The first kappa shape index (κ1) is 47.7. The highest BCUT2D eigenvalue weighted by Gasteiger charge is 2.40. The zero-order valence-electron chi connectivity index (χ0n) is 34.9. The normalized spacial score (nSPS) is 12.9. The number of carboxylic acid groups (broad SMARTS) is 1. The van der Waals surface area contributed by atoms with E-state index in [-0.39, 0.29) is 36.7 Å². The summed E-state index contributed by atoms with van der Waals surface area (Å²) in [6, 6.07) is 32.9. The molecule has 12 nitrogen and oxygen atoms in total. The Balaban J connectivity index is 0.000000215. The van der Waals surface area contributed by atoms with Gasteiger partial charge in [-0.1, -0.05) is 68.1 Å². The summed E-state index contributed by atoms with van der Waals surface area (Å²) in [4.78, 5) is 27.6. The molecule has 0 aliphatic carbocycles. The van der Waals surface area contributed by atoms with Gasteiger partial charge in [-0.3, -0.25) is 0 Å². The molecule has 2 atom stereocenters. The van der Waals surface area contributed by atoms with Gasteiger partial charge in [0.25, 0.3) is 0 Å². The highest BCUT2D eigenvalue weighted by Crippen LogP contribution is 2.37. The molecule has 0 saturated heterocycles. The Morgan fingerprint density at radius 3 is 1.41 bits per heavy atom. The summed E-state index contributed by atoms with van der Waals surface area (Å²) >= 11 is 0. The number of ether oxygens (including phenoxy) is 3. The largest absolute Gasteiger partial charge is 0.478 e. The fraction of sp³-hybridized carbons (Fsp3) is 0.208. The molecule has 0 bridgehead atoms. The number of aliphatic carboxylic acids is 1. The number of halogens is 6. The number of aromatic nitrogens is 6. The minimum atomic E-state index is -4.53. The van der Waals surface area contributed by atoms with Crippen LogP contribution in [0.15, 0.2) is 133 Å². The van der Waals surface area contributed by atoms with E-state index < -0.39 is 47.1 Å². The lowest BCUT2D eigenvalue weighted by atomic mass is 9.94. The summed E-state index contributed by atoms with van der Waals surface area (Å²) in [5.41, 5.74) is 1.91. The third-order valence-electron chi connectivity index (χ3n) is 10.0. The number of benzene rings is 6. The van der Waals surface area contributed by atoms with Gasteiger partial charge < -0.3 is 19.3 Å². The van der Waals surface area contributed by atoms with Gasteiger partial charge in [-0.2, -0.15) is 26.3 Å². The van der Waals surface area contributed by atoms with Crippen LogP contribution in [-0.2, 0) is 32.3 Å². The van der Waals surface area contributed by atoms with Crippen molar-refractivity contribution in [2.75, 3.05) is 6.61 Å². The lowest BCUT2D eigenvalue weighted by Crippen LogP contribution is -2.39.